The first-order valence-corrected chi connectivity index (χ1v) is 6.05. The molecular weight excluding hydrogens is 235 g/mol. The van der Waals surface area contributed by atoms with Crippen LogP contribution < -0.4 is 10.6 Å². The third-order valence-electron chi connectivity index (χ3n) is 2.95. The van der Waals surface area contributed by atoms with E-state index in [0.717, 1.165) is 6.54 Å². The Bertz CT molecular complexity index is 419. The van der Waals surface area contributed by atoms with Crippen molar-refractivity contribution in [3.63, 3.8) is 0 Å². The predicted octanol–water partition coefficient (Wildman–Crippen LogP) is 0.991. The van der Waals surface area contributed by atoms with Gasteiger partial charge in [0.2, 0.25) is 0 Å². The summed E-state index contributed by atoms with van der Waals surface area (Å²) in [7, 11) is 0. The molecule has 1 fully saturated rings. The van der Waals surface area contributed by atoms with E-state index in [4.69, 9.17) is 4.74 Å². The van der Waals surface area contributed by atoms with E-state index in [0.29, 0.717) is 18.7 Å². The first-order valence-electron chi connectivity index (χ1n) is 6.05. The van der Waals surface area contributed by atoms with Crippen LogP contribution in [0, 0.1) is 5.82 Å². The zero-order valence-corrected chi connectivity index (χ0v) is 10.3. The number of benzene rings is 1. The molecule has 1 aliphatic heterocycles. The van der Waals surface area contributed by atoms with Crippen LogP contribution in [0.2, 0.25) is 0 Å². The van der Waals surface area contributed by atoms with Crippen molar-refractivity contribution < 1.29 is 13.9 Å². The summed E-state index contributed by atoms with van der Waals surface area (Å²) in [5.74, 6) is -0.522. The number of rotatable bonds is 3. The number of halogens is 1. The second-order valence-electron chi connectivity index (χ2n) is 4.32. The Balaban J connectivity index is 1.96. The van der Waals surface area contributed by atoms with E-state index in [9.17, 15) is 9.18 Å². The Morgan fingerprint density at radius 2 is 2.33 bits per heavy atom. The number of ether oxygens (including phenoxy) is 1. The van der Waals surface area contributed by atoms with Crippen molar-refractivity contribution in [1.29, 1.82) is 0 Å². The van der Waals surface area contributed by atoms with Gasteiger partial charge in [0.1, 0.15) is 11.9 Å². The fourth-order valence-corrected chi connectivity index (χ4v) is 1.94. The molecule has 2 rings (SSSR count). The van der Waals surface area contributed by atoms with Gasteiger partial charge in [-0.15, -0.1) is 0 Å². The van der Waals surface area contributed by atoms with Gasteiger partial charge in [0.15, 0.2) is 0 Å². The summed E-state index contributed by atoms with van der Waals surface area (Å²) >= 11 is 0. The fourth-order valence-electron chi connectivity index (χ4n) is 1.94. The van der Waals surface area contributed by atoms with Gasteiger partial charge in [-0.3, -0.25) is 4.79 Å². The molecule has 2 atom stereocenters. The molecular formula is C13H17FN2O2. The number of carbonyl (C=O) groups is 1. The van der Waals surface area contributed by atoms with Crippen LogP contribution in [0.5, 0.6) is 0 Å². The first kappa shape index (κ1) is 13.0. The highest BCUT2D eigenvalue weighted by atomic mass is 19.1. The van der Waals surface area contributed by atoms with Gasteiger partial charge >= 0.3 is 0 Å². The minimum atomic E-state index is -0.493. The van der Waals surface area contributed by atoms with Crippen molar-refractivity contribution in [1.82, 2.24) is 10.6 Å². The first-order chi connectivity index (χ1) is 8.68. The predicted molar refractivity (Wildman–Crippen MR) is 65.6 cm³/mol. The van der Waals surface area contributed by atoms with Gasteiger partial charge in [-0.25, -0.2) is 4.39 Å². The Morgan fingerprint density at radius 3 is 3.00 bits per heavy atom. The zero-order valence-electron chi connectivity index (χ0n) is 10.3. The van der Waals surface area contributed by atoms with E-state index in [1.807, 2.05) is 0 Å². The zero-order chi connectivity index (χ0) is 13.0. The summed E-state index contributed by atoms with van der Waals surface area (Å²) in [6.07, 6.45) is -0.493. The van der Waals surface area contributed by atoms with E-state index in [-0.39, 0.29) is 17.8 Å². The lowest BCUT2D eigenvalue weighted by atomic mass is 10.1. The molecule has 1 aliphatic rings. The molecule has 0 aliphatic carbocycles. The summed E-state index contributed by atoms with van der Waals surface area (Å²) in [6, 6.07) is 6.06. The quantitative estimate of drug-likeness (QED) is 0.843. The Morgan fingerprint density at radius 1 is 1.56 bits per heavy atom. The van der Waals surface area contributed by atoms with E-state index >= 15 is 0 Å². The molecule has 1 aromatic carbocycles. The maximum absolute atomic E-state index is 13.5. The largest absolute Gasteiger partial charge is 0.366 e. The maximum Gasteiger partial charge on any atom is 0.250 e. The van der Waals surface area contributed by atoms with Crippen LogP contribution in [0.25, 0.3) is 0 Å². The Hall–Kier alpha value is -1.46. The molecule has 0 bridgehead atoms. The minimum absolute atomic E-state index is 0.210. The van der Waals surface area contributed by atoms with E-state index < -0.39 is 6.10 Å². The topological polar surface area (TPSA) is 50.4 Å². The molecule has 1 heterocycles. The lowest BCUT2D eigenvalue weighted by molar-refractivity contribution is -0.134. The fraction of sp³-hybridized carbons (Fsp3) is 0.462. The van der Waals surface area contributed by atoms with Crippen molar-refractivity contribution >= 4 is 5.91 Å². The highest BCUT2D eigenvalue weighted by molar-refractivity contribution is 5.81. The van der Waals surface area contributed by atoms with Crippen LogP contribution in [0.1, 0.15) is 18.5 Å². The molecule has 1 aromatic rings. The van der Waals surface area contributed by atoms with Crippen molar-refractivity contribution in [3.8, 4) is 0 Å². The molecule has 98 valence electrons. The summed E-state index contributed by atoms with van der Waals surface area (Å²) in [5, 5.41) is 5.84. The number of hydrogen-bond donors (Lipinski definition) is 2. The van der Waals surface area contributed by atoms with Crippen LogP contribution in [-0.2, 0) is 9.53 Å². The van der Waals surface area contributed by atoms with Crippen LogP contribution in [0.4, 0.5) is 4.39 Å². The number of morpholine rings is 1. The van der Waals surface area contributed by atoms with E-state index in [2.05, 4.69) is 10.6 Å². The molecule has 0 radical (unpaired) electrons. The summed E-state index contributed by atoms with van der Waals surface area (Å²) in [5.41, 5.74) is 0.481. The lowest BCUT2D eigenvalue weighted by Crippen LogP contribution is -2.48. The summed E-state index contributed by atoms with van der Waals surface area (Å²) in [4.78, 5) is 11.9. The molecule has 0 spiro atoms. The second kappa shape index (κ2) is 5.93. The van der Waals surface area contributed by atoms with Crippen LogP contribution in [-0.4, -0.2) is 31.7 Å². The van der Waals surface area contributed by atoms with Crippen molar-refractivity contribution in [3.05, 3.63) is 35.6 Å². The Kier molecular flexibility index (Phi) is 4.28. The molecule has 4 nitrogen and oxygen atoms in total. The lowest BCUT2D eigenvalue weighted by Gasteiger charge is -2.24. The monoisotopic (exact) mass is 252 g/mol. The van der Waals surface area contributed by atoms with E-state index in [1.54, 1.807) is 25.1 Å². The average Bonchev–Trinajstić information content (AvgIpc) is 2.40. The molecule has 18 heavy (non-hydrogen) atoms. The maximum atomic E-state index is 13.5. The van der Waals surface area contributed by atoms with Gasteiger partial charge < -0.3 is 15.4 Å². The highest BCUT2D eigenvalue weighted by Gasteiger charge is 2.23. The van der Waals surface area contributed by atoms with Gasteiger partial charge in [-0.1, -0.05) is 18.2 Å². The number of carbonyl (C=O) groups excluding carboxylic acids is 1. The molecule has 5 heteroatoms. The summed E-state index contributed by atoms with van der Waals surface area (Å²) < 4.78 is 18.9. The van der Waals surface area contributed by atoms with Crippen LogP contribution >= 0.6 is 0 Å². The van der Waals surface area contributed by atoms with Gasteiger partial charge in [-0.05, 0) is 13.0 Å². The van der Waals surface area contributed by atoms with Gasteiger partial charge in [-0.2, -0.15) is 0 Å². The smallest absolute Gasteiger partial charge is 0.250 e. The minimum Gasteiger partial charge on any atom is -0.366 e. The van der Waals surface area contributed by atoms with Crippen molar-refractivity contribution in [2.24, 2.45) is 0 Å². The number of hydrogen-bond acceptors (Lipinski definition) is 3. The molecule has 2 N–H and O–H groups in total. The molecule has 0 saturated carbocycles. The standard InChI is InChI=1S/C13H17FN2O2/c1-9(10-4-2-3-5-11(10)14)16-13(17)12-8-15-6-7-18-12/h2-5,9,12,15H,6-8H2,1H3,(H,16,17). The number of nitrogens with one attached hydrogen (secondary N) is 2. The number of amides is 1. The average molecular weight is 252 g/mol. The molecule has 1 amide bonds. The van der Waals surface area contributed by atoms with Crippen molar-refractivity contribution in [2.75, 3.05) is 19.7 Å². The third kappa shape index (κ3) is 3.05. The highest BCUT2D eigenvalue weighted by Crippen LogP contribution is 2.16. The molecule has 2 unspecified atom stereocenters. The molecule has 1 saturated heterocycles. The molecule has 0 aromatic heterocycles. The second-order valence-corrected chi connectivity index (χ2v) is 4.32. The van der Waals surface area contributed by atoms with Crippen molar-refractivity contribution in [2.45, 2.75) is 19.1 Å². The van der Waals surface area contributed by atoms with Gasteiger partial charge in [0.05, 0.1) is 12.6 Å². The SMILES string of the molecule is CC(NC(=O)C1CNCCO1)c1ccccc1F. The summed E-state index contributed by atoms with van der Waals surface area (Å²) in [6.45, 7) is 3.53. The van der Waals surface area contributed by atoms with E-state index in [1.165, 1.54) is 6.07 Å². The van der Waals surface area contributed by atoms with Crippen LogP contribution in [0.3, 0.4) is 0 Å². The van der Waals surface area contributed by atoms with Crippen LogP contribution in [0.15, 0.2) is 24.3 Å². The third-order valence-corrected chi connectivity index (χ3v) is 2.95. The van der Waals surface area contributed by atoms with Gasteiger partial charge in [0, 0.05) is 18.7 Å². The Labute approximate surface area is 106 Å². The van der Waals surface area contributed by atoms with Gasteiger partial charge in [0.25, 0.3) is 5.91 Å². The normalized spacial score (nSPS) is 21.3.